The van der Waals surface area contributed by atoms with Crippen LogP contribution in [-0.2, 0) is 14.3 Å². The predicted octanol–water partition coefficient (Wildman–Crippen LogP) is 3.82. The molecular formula is C24H23ClN2O6. The highest BCUT2D eigenvalue weighted by Gasteiger charge is 2.72. The van der Waals surface area contributed by atoms with E-state index in [4.69, 9.17) is 25.8 Å². The average molecular weight is 471 g/mol. The number of hydrogen-bond acceptors (Lipinski definition) is 6. The van der Waals surface area contributed by atoms with Crippen LogP contribution in [0, 0.1) is 11.8 Å². The van der Waals surface area contributed by atoms with Crippen LogP contribution in [0.25, 0.3) is 0 Å². The Kier molecular flexibility index (Phi) is 5.01. The highest BCUT2D eigenvalue weighted by molar-refractivity contribution is 6.31. The van der Waals surface area contributed by atoms with Gasteiger partial charge in [0, 0.05) is 22.6 Å². The zero-order chi connectivity index (χ0) is 23.5. The smallest absolute Gasteiger partial charge is 0.332 e. The molecule has 33 heavy (non-hydrogen) atoms. The molecule has 0 radical (unpaired) electrons. The number of esters is 1. The first kappa shape index (κ1) is 21.6. The minimum Gasteiger partial charge on any atom is -0.497 e. The fourth-order valence-electron chi connectivity index (χ4n) is 5.41. The minimum absolute atomic E-state index is 0.167. The maximum Gasteiger partial charge on any atom is 0.332 e. The number of benzene rings is 2. The molecule has 0 spiro atoms. The molecule has 0 aliphatic carbocycles. The maximum absolute atomic E-state index is 13.8. The molecular weight excluding hydrogens is 448 g/mol. The van der Waals surface area contributed by atoms with Crippen LogP contribution in [0.5, 0.6) is 11.5 Å². The van der Waals surface area contributed by atoms with Crippen LogP contribution < -0.4 is 14.4 Å². The number of carbonyl (C=O) groups is 3. The summed E-state index contributed by atoms with van der Waals surface area (Å²) in [7, 11) is 1.56. The Morgan fingerprint density at radius 3 is 2.61 bits per heavy atom. The lowest BCUT2D eigenvalue weighted by molar-refractivity contribution is -0.154. The number of methoxy groups -OCH3 is 1. The van der Waals surface area contributed by atoms with Gasteiger partial charge in [0.05, 0.1) is 38.0 Å². The molecule has 2 saturated heterocycles. The number of halogens is 1. The summed E-state index contributed by atoms with van der Waals surface area (Å²) in [5.74, 6) is -1.13. The van der Waals surface area contributed by atoms with Crippen molar-refractivity contribution in [1.29, 1.82) is 0 Å². The van der Waals surface area contributed by atoms with Crippen molar-refractivity contribution in [3.05, 3.63) is 53.1 Å². The Morgan fingerprint density at radius 2 is 1.94 bits per heavy atom. The summed E-state index contributed by atoms with van der Waals surface area (Å²) in [5, 5.41) is 0.487. The van der Waals surface area contributed by atoms with Crippen LogP contribution in [-0.4, -0.2) is 48.7 Å². The van der Waals surface area contributed by atoms with Crippen molar-refractivity contribution in [2.45, 2.75) is 25.4 Å². The molecule has 3 aliphatic rings. The Bertz CT molecular complexity index is 1150. The van der Waals surface area contributed by atoms with Gasteiger partial charge in [-0.25, -0.2) is 9.69 Å². The molecule has 3 unspecified atom stereocenters. The summed E-state index contributed by atoms with van der Waals surface area (Å²) < 4.78 is 16.7. The average Bonchev–Trinajstić information content (AvgIpc) is 3.19. The molecule has 5 rings (SSSR count). The van der Waals surface area contributed by atoms with E-state index in [0.29, 0.717) is 22.2 Å². The standard InChI is InChI=1S/C24H23ClN2O6/c1-4-32-21(28)19-17-12-33-18-11-15(31-3)9-10-16(18)20(17)27-23(30)26(22(29)24(19,27)2)14-7-5-13(25)6-8-14/h5-11,17,19-20H,4,12H2,1-3H3/t17-,19?,20?,24?/m1/s1. The molecule has 2 aromatic carbocycles. The number of nitrogens with zero attached hydrogens (tertiary/aromatic N) is 2. The van der Waals surface area contributed by atoms with Crippen molar-refractivity contribution in [2.24, 2.45) is 11.8 Å². The van der Waals surface area contributed by atoms with E-state index < -0.39 is 41.3 Å². The van der Waals surface area contributed by atoms with Gasteiger partial charge in [0.25, 0.3) is 5.91 Å². The van der Waals surface area contributed by atoms with Gasteiger partial charge in [-0.1, -0.05) is 11.6 Å². The topological polar surface area (TPSA) is 85.4 Å². The quantitative estimate of drug-likeness (QED) is 0.499. The number of urea groups is 1. The third-order valence-corrected chi connectivity index (χ3v) is 7.10. The zero-order valence-corrected chi connectivity index (χ0v) is 19.2. The van der Waals surface area contributed by atoms with Crippen LogP contribution in [0.15, 0.2) is 42.5 Å². The van der Waals surface area contributed by atoms with Gasteiger partial charge in [0.2, 0.25) is 0 Å². The van der Waals surface area contributed by atoms with Crippen molar-refractivity contribution < 1.29 is 28.6 Å². The lowest BCUT2D eigenvalue weighted by Crippen LogP contribution is -2.51. The van der Waals surface area contributed by atoms with Crippen molar-refractivity contribution in [2.75, 3.05) is 25.2 Å². The van der Waals surface area contributed by atoms with E-state index in [9.17, 15) is 14.4 Å². The number of imide groups is 1. The van der Waals surface area contributed by atoms with Crippen LogP contribution in [0.3, 0.4) is 0 Å². The minimum atomic E-state index is -1.43. The SMILES string of the molecule is CCOC(=O)C1[C@H]2COc3cc(OC)ccc3C2N2C(=O)N(c3ccc(Cl)cc3)C(=O)C12C. The predicted molar refractivity (Wildman–Crippen MR) is 119 cm³/mol. The second-order valence-electron chi connectivity index (χ2n) is 8.47. The monoisotopic (exact) mass is 470 g/mol. The largest absolute Gasteiger partial charge is 0.497 e. The Labute approximate surface area is 195 Å². The van der Waals surface area contributed by atoms with Crippen LogP contribution in [0.4, 0.5) is 10.5 Å². The molecule has 4 atom stereocenters. The van der Waals surface area contributed by atoms with E-state index in [1.54, 1.807) is 57.4 Å². The van der Waals surface area contributed by atoms with Crippen LogP contribution >= 0.6 is 11.6 Å². The fourth-order valence-corrected chi connectivity index (χ4v) is 5.54. The first-order valence-corrected chi connectivity index (χ1v) is 11.1. The molecule has 9 heteroatoms. The van der Waals surface area contributed by atoms with Gasteiger partial charge in [-0.3, -0.25) is 9.59 Å². The molecule has 3 heterocycles. The molecule has 3 amide bonds. The van der Waals surface area contributed by atoms with Gasteiger partial charge in [-0.05, 0) is 50.2 Å². The molecule has 172 valence electrons. The Hall–Kier alpha value is -3.26. The number of ether oxygens (including phenoxy) is 3. The van der Waals surface area contributed by atoms with Crippen molar-refractivity contribution in [1.82, 2.24) is 4.90 Å². The molecule has 0 N–H and O–H groups in total. The van der Waals surface area contributed by atoms with Crippen LogP contribution in [0.2, 0.25) is 5.02 Å². The summed E-state index contributed by atoms with van der Waals surface area (Å²) in [4.78, 5) is 43.5. The number of anilines is 1. The zero-order valence-electron chi connectivity index (χ0n) is 18.4. The molecule has 2 aromatic rings. The maximum atomic E-state index is 13.8. The number of carbonyl (C=O) groups excluding carboxylic acids is 3. The number of rotatable bonds is 4. The molecule has 3 aliphatic heterocycles. The van der Waals surface area contributed by atoms with Gasteiger partial charge in [-0.2, -0.15) is 0 Å². The van der Waals surface area contributed by atoms with Gasteiger partial charge in [0.15, 0.2) is 0 Å². The van der Waals surface area contributed by atoms with Crippen molar-refractivity contribution in [3.8, 4) is 11.5 Å². The van der Waals surface area contributed by atoms with Gasteiger partial charge in [0.1, 0.15) is 17.0 Å². The van der Waals surface area contributed by atoms with Gasteiger partial charge >= 0.3 is 12.0 Å². The highest BCUT2D eigenvalue weighted by atomic mass is 35.5. The van der Waals surface area contributed by atoms with E-state index in [1.165, 1.54) is 4.90 Å². The lowest BCUT2D eigenvalue weighted by atomic mass is 9.77. The Balaban J connectivity index is 1.66. The summed E-state index contributed by atoms with van der Waals surface area (Å²) in [5.41, 5.74) is -0.307. The number of fused-ring (bicyclic) bond motifs is 5. The Morgan fingerprint density at radius 1 is 1.21 bits per heavy atom. The van der Waals surface area contributed by atoms with E-state index in [0.717, 1.165) is 10.5 Å². The third-order valence-electron chi connectivity index (χ3n) is 6.85. The van der Waals surface area contributed by atoms with E-state index in [1.807, 2.05) is 6.07 Å². The first-order valence-electron chi connectivity index (χ1n) is 10.7. The summed E-state index contributed by atoms with van der Waals surface area (Å²) in [6.45, 7) is 3.69. The lowest BCUT2D eigenvalue weighted by Gasteiger charge is -2.34. The number of amides is 3. The van der Waals surface area contributed by atoms with E-state index in [2.05, 4.69) is 0 Å². The fraction of sp³-hybridized carbons (Fsp3) is 0.375. The van der Waals surface area contributed by atoms with E-state index in [-0.39, 0.29) is 13.2 Å². The first-order chi connectivity index (χ1) is 15.8. The summed E-state index contributed by atoms with van der Waals surface area (Å²) in [6.07, 6.45) is 0. The third kappa shape index (κ3) is 2.93. The summed E-state index contributed by atoms with van der Waals surface area (Å²) in [6, 6.07) is 10.8. The molecule has 0 aromatic heterocycles. The van der Waals surface area contributed by atoms with Crippen LogP contribution in [0.1, 0.15) is 25.5 Å². The molecule has 0 saturated carbocycles. The normalized spacial score (nSPS) is 27.6. The van der Waals surface area contributed by atoms with Gasteiger partial charge < -0.3 is 19.1 Å². The molecule has 2 fully saturated rings. The van der Waals surface area contributed by atoms with E-state index >= 15 is 0 Å². The van der Waals surface area contributed by atoms with Gasteiger partial charge in [-0.15, -0.1) is 0 Å². The second-order valence-corrected chi connectivity index (χ2v) is 8.91. The molecule has 8 nitrogen and oxygen atoms in total. The highest BCUT2D eigenvalue weighted by Crippen LogP contribution is 2.58. The second kappa shape index (κ2) is 7.66. The molecule has 0 bridgehead atoms. The number of hydrogen-bond donors (Lipinski definition) is 0. The van der Waals surface area contributed by atoms with Crippen molar-refractivity contribution in [3.63, 3.8) is 0 Å². The van der Waals surface area contributed by atoms with Crippen molar-refractivity contribution >= 4 is 35.2 Å². The summed E-state index contributed by atoms with van der Waals surface area (Å²) >= 11 is 6.00.